The van der Waals surface area contributed by atoms with Crippen LogP contribution < -0.4 is 26.2 Å². The Hall–Kier alpha value is -4.27. The van der Waals surface area contributed by atoms with Gasteiger partial charge in [-0.3, -0.25) is 14.2 Å². The number of hydrogen-bond donors (Lipinski definition) is 4. The number of thiophene rings is 1. The van der Waals surface area contributed by atoms with Crippen molar-refractivity contribution in [3.05, 3.63) is 81.3 Å². The zero-order valence-electron chi connectivity index (χ0n) is 23.6. The fraction of sp³-hybridized carbons (Fsp3) is 0.276. The summed E-state index contributed by atoms with van der Waals surface area (Å²) < 4.78 is 43.2. The molecular weight excluding hydrogens is 595 g/mol. The molecule has 1 aliphatic heterocycles. The molecule has 0 bridgehead atoms. The van der Waals surface area contributed by atoms with Gasteiger partial charge in [-0.25, -0.2) is 22.3 Å². The monoisotopic (exact) mass is 626 g/mol. The number of fused-ring (bicyclic) bond motifs is 1. The quantitative estimate of drug-likeness (QED) is 0.221. The minimum Gasteiger partial charge on any atom is -0.388 e. The van der Waals surface area contributed by atoms with Crippen LogP contribution >= 0.6 is 11.3 Å². The second kappa shape index (κ2) is 12.5. The zero-order chi connectivity index (χ0) is 30.7. The van der Waals surface area contributed by atoms with Crippen molar-refractivity contribution >= 4 is 55.4 Å². The lowest BCUT2D eigenvalue weighted by Gasteiger charge is -2.17. The largest absolute Gasteiger partial charge is 0.388 e. The summed E-state index contributed by atoms with van der Waals surface area (Å²) >= 11 is 1.01. The van der Waals surface area contributed by atoms with Crippen LogP contribution in [-0.2, 0) is 10.0 Å². The Labute approximate surface area is 251 Å². The smallest absolute Gasteiger partial charge is 0.333 e. The van der Waals surface area contributed by atoms with Crippen molar-refractivity contribution in [3.8, 4) is 5.69 Å². The van der Waals surface area contributed by atoms with Gasteiger partial charge in [0.1, 0.15) is 10.0 Å². The van der Waals surface area contributed by atoms with Crippen LogP contribution in [0.2, 0.25) is 0 Å². The van der Waals surface area contributed by atoms with E-state index in [2.05, 4.69) is 20.9 Å². The summed E-state index contributed by atoms with van der Waals surface area (Å²) in [4.78, 5) is 42.2. The van der Waals surface area contributed by atoms with Gasteiger partial charge in [-0.1, -0.05) is 0 Å². The fourth-order valence-electron chi connectivity index (χ4n) is 4.95. The first-order valence-corrected chi connectivity index (χ1v) is 15.9. The normalized spacial score (nSPS) is 13.7. The first kappa shape index (κ1) is 30.2. The van der Waals surface area contributed by atoms with Gasteiger partial charge < -0.3 is 20.9 Å². The second-order valence-electron chi connectivity index (χ2n) is 10.1. The molecule has 0 atom stereocenters. The van der Waals surface area contributed by atoms with Crippen LogP contribution in [0.3, 0.4) is 0 Å². The molecule has 1 fully saturated rings. The van der Waals surface area contributed by atoms with E-state index in [-0.39, 0.29) is 26.5 Å². The third-order valence-corrected chi connectivity index (χ3v) is 9.96. The molecule has 11 nitrogen and oxygen atoms in total. The van der Waals surface area contributed by atoms with E-state index in [9.17, 15) is 22.8 Å². The van der Waals surface area contributed by atoms with Crippen molar-refractivity contribution in [1.82, 2.24) is 19.5 Å². The molecule has 0 unspecified atom stereocenters. The van der Waals surface area contributed by atoms with Crippen molar-refractivity contribution in [2.24, 2.45) is 0 Å². The summed E-state index contributed by atoms with van der Waals surface area (Å²) in [5.41, 5.74) is 0.169. The number of pyridine rings is 1. The molecule has 4 N–H and O–H groups in total. The molecule has 43 heavy (non-hydrogen) atoms. The number of carbonyl (C=O) groups is 2. The molecule has 14 heteroatoms. The SMILES string of the molecule is CNc1ccc2c(=O)n(-c3ccc(NC(=O)NS(=O)(=O)c4ccc(C)s4)cc3F)cc(C(=O)NCCN3CCCC3)c2c1. The van der Waals surface area contributed by atoms with E-state index < -0.39 is 33.3 Å². The predicted octanol–water partition coefficient (Wildman–Crippen LogP) is 3.88. The van der Waals surface area contributed by atoms with Gasteiger partial charge in [0.25, 0.3) is 21.5 Å². The summed E-state index contributed by atoms with van der Waals surface area (Å²) in [5.74, 6) is -1.27. The van der Waals surface area contributed by atoms with Crippen LogP contribution in [0.4, 0.5) is 20.6 Å². The number of aromatic nitrogens is 1. The molecule has 3 amide bonds. The van der Waals surface area contributed by atoms with Crippen LogP contribution in [0.25, 0.3) is 16.5 Å². The Bertz CT molecular complexity index is 1860. The number of nitrogens with one attached hydrogen (secondary N) is 4. The number of halogens is 1. The maximum absolute atomic E-state index is 15.4. The van der Waals surface area contributed by atoms with Crippen molar-refractivity contribution in [2.75, 3.05) is 43.9 Å². The number of sulfonamides is 1. The summed E-state index contributed by atoms with van der Waals surface area (Å²) in [5, 5.41) is 8.86. The third kappa shape index (κ3) is 6.71. The van der Waals surface area contributed by atoms with Crippen molar-refractivity contribution in [2.45, 2.75) is 24.0 Å². The molecular formula is C29H31FN6O5S2. The van der Waals surface area contributed by atoms with Gasteiger partial charge in [-0.15, -0.1) is 11.3 Å². The number of carbonyl (C=O) groups excluding carboxylic acids is 2. The maximum Gasteiger partial charge on any atom is 0.333 e. The standard InChI is InChI=1S/C29H31FN6O5S2/c1-18-5-10-26(42-18)43(40,41)34-29(39)33-20-7-9-25(24(30)16-20)36-17-23(27(37)32-11-14-35-12-3-4-13-35)22-15-19(31-2)6-8-21(22)28(36)38/h5-10,15-17,31H,3-4,11-14H2,1-2H3,(H,32,37)(H2,33,34,39). The molecule has 3 heterocycles. The lowest BCUT2D eigenvalue weighted by molar-refractivity contribution is 0.0950. The topological polar surface area (TPSA) is 142 Å². The molecule has 4 aromatic rings. The maximum atomic E-state index is 15.4. The minimum atomic E-state index is -4.10. The summed E-state index contributed by atoms with van der Waals surface area (Å²) in [6, 6.07) is 10.5. The molecule has 0 aliphatic carbocycles. The minimum absolute atomic E-state index is 0.0323. The number of urea groups is 1. The first-order chi connectivity index (χ1) is 20.6. The lowest BCUT2D eigenvalue weighted by Crippen LogP contribution is -2.34. The van der Waals surface area contributed by atoms with E-state index in [4.69, 9.17) is 0 Å². The molecule has 2 aromatic carbocycles. The number of aryl methyl sites for hydroxylation is 1. The Morgan fingerprint density at radius 3 is 2.42 bits per heavy atom. The molecule has 1 saturated heterocycles. The molecule has 2 aromatic heterocycles. The Morgan fingerprint density at radius 2 is 1.74 bits per heavy atom. The summed E-state index contributed by atoms with van der Waals surface area (Å²) in [6.45, 7) is 4.84. The van der Waals surface area contributed by atoms with Crippen molar-refractivity contribution < 1.29 is 22.4 Å². The molecule has 226 valence electrons. The number of amides is 3. The van der Waals surface area contributed by atoms with E-state index in [0.717, 1.165) is 52.8 Å². The lowest BCUT2D eigenvalue weighted by atomic mass is 10.1. The van der Waals surface area contributed by atoms with Crippen LogP contribution in [-0.4, -0.2) is 63.0 Å². The number of benzene rings is 2. The second-order valence-corrected chi connectivity index (χ2v) is 13.3. The van der Waals surface area contributed by atoms with Gasteiger partial charge in [0, 0.05) is 53.4 Å². The van der Waals surface area contributed by atoms with E-state index in [0.29, 0.717) is 24.2 Å². The zero-order valence-corrected chi connectivity index (χ0v) is 25.2. The average Bonchev–Trinajstić information content (AvgIpc) is 3.65. The summed E-state index contributed by atoms with van der Waals surface area (Å²) in [7, 11) is -2.38. The van der Waals surface area contributed by atoms with Gasteiger partial charge in [0.2, 0.25) is 0 Å². The van der Waals surface area contributed by atoms with Crippen LogP contribution in [0.5, 0.6) is 0 Å². The Balaban J connectivity index is 1.41. The molecule has 0 saturated carbocycles. The number of nitrogens with zero attached hydrogens (tertiary/aromatic N) is 2. The van der Waals surface area contributed by atoms with Gasteiger partial charge in [0.15, 0.2) is 0 Å². The third-order valence-electron chi connectivity index (χ3n) is 7.14. The molecule has 0 spiro atoms. The van der Waals surface area contributed by atoms with E-state index in [1.165, 1.54) is 24.4 Å². The number of rotatable bonds is 9. The van der Waals surface area contributed by atoms with E-state index in [1.54, 1.807) is 38.2 Å². The highest BCUT2D eigenvalue weighted by Crippen LogP contribution is 2.24. The van der Waals surface area contributed by atoms with Gasteiger partial charge >= 0.3 is 6.03 Å². The van der Waals surface area contributed by atoms with Crippen molar-refractivity contribution in [1.29, 1.82) is 0 Å². The number of likely N-dealkylation sites (tertiary alicyclic amines) is 1. The predicted molar refractivity (Wildman–Crippen MR) is 165 cm³/mol. The highest BCUT2D eigenvalue weighted by atomic mass is 32.2. The highest BCUT2D eigenvalue weighted by molar-refractivity contribution is 7.92. The van der Waals surface area contributed by atoms with Crippen molar-refractivity contribution in [3.63, 3.8) is 0 Å². The average molecular weight is 627 g/mol. The number of hydrogen-bond acceptors (Lipinski definition) is 8. The van der Waals surface area contributed by atoms with Crippen LogP contribution in [0.15, 0.2) is 63.7 Å². The highest BCUT2D eigenvalue weighted by Gasteiger charge is 2.21. The van der Waals surface area contributed by atoms with Gasteiger partial charge in [-0.2, -0.15) is 0 Å². The molecule has 5 rings (SSSR count). The number of anilines is 2. The Kier molecular flexibility index (Phi) is 8.80. The van der Waals surface area contributed by atoms with Gasteiger partial charge in [0.05, 0.1) is 11.3 Å². The van der Waals surface area contributed by atoms with E-state index in [1.807, 2.05) is 4.72 Å². The molecule has 1 aliphatic rings. The van der Waals surface area contributed by atoms with Crippen LogP contribution in [0.1, 0.15) is 28.1 Å². The molecule has 0 radical (unpaired) electrons. The first-order valence-electron chi connectivity index (χ1n) is 13.6. The summed E-state index contributed by atoms with van der Waals surface area (Å²) in [6.07, 6.45) is 3.58. The van der Waals surface area contributed by atoms with E-state index >= 15 is 4.39 Å². The van der Waals surface area contributed by atoms with Gasteiger partial charge in [-0.05, 0) is 81.4 Å². The fourth-order valence-corrected chi connectivity index (χ4v) is 7.14. The Morgan fingerprint density at radius 1 is 1.00 bits per heavy atom. The van der Waals surface area contributed by atoms with Crippen LogP contribution in [0, 0.1) is 12.7 Å².